The minimum Gasteiger partial charge on any atom is -0.317 e. The van der Waals surface area contributed by atoms with Crippen LogP contribution in [0, 0.1) is 12.5 Å². The zero-order valence-electron chi connectivity index (χ0n) is 9.62. The summed E-state index contributed by atoms with van der Waals surface area (Å²) in [4.78, 5) is 6.22. The summed E-state index contributed by atoms with van der Waals surface area (Å²) >= 11 is 0. The van der Waals surface area contributed by atoms with Gasteiger partial charge in [0.1, 0.15) is 0 Å². The van der Waals surface area contributed by atoms with E-state index in [0.29, 0.717) is 5.92 Å². The average molecular weight is 206 g/mol. The van der Waals surface area contributed by atoms with Gasteiger partial charge in [0.15, 0.2) is 0 Å². The normalized spacial score (nSPS) is 26.3. The van der Waals surface area contributed by atoms with Crippen LogP contribution in [0.3, 0.4) is 0 Å². The molecular formula is C13H22N2. The van der Waals surface area contributed by atoms with Gasteiger partial charge in [-0.2, -0.15) is 0 Å². The van der Waals surface area contributed by atoms with Crippen molar-refractivity contribution in [2.75, 3.05) is 19.6 Å². The maximum absolute atomic E-state index is 6.90. The molecule has 2 fully saturated rings. The van der Waals surface area contributed by atoms with Gasteiger partial charge < -0.3 is 9.74 Å². The molecule has 0 radical (unpaired) electrons. The molecule has 0 N–H and O–H groups in total. The fourth-order valence-electron chi connectivity index (χ4n) is 3.08. The third-order valence-electron chi connectivity index (χ3n) is 4.09. The smallest absolute Gasteiger partial charge is 0.217 e. The molecule has 0 aromatic rings. The SMILES string of the molecule is [C-]#[N+]CC1CCN(C2CCCCC2)CC1. The van der Waals surface area contributed by atoms with Gasteiger partial charge in [-0.1, -0.05) is 19.3 Å². The molecule has 0 amide bonds. The van der Waals surface area contributed by atoms with Gasteiger partial charge in [-0.15, -0.1) is 0 Å². The van der Waals surface area contributed by atoms with Crippen LogP contribution in [-0.4, -0.2) is 30.6 Å². The molecule has 1 saturated carbocycles. The molecule has 0 aromatic carbocycles. The van der Waals surface area contributed by atoms with Gasteiger partial charge in [-0.05, 0) is 38.8 Å². The van der Waals surface area contributed by atoms with Crippen LogP contribution in [0.2, 0.25) is 0 Å². The first-order valence-corrected chi connectivity index (χ1v) is 6.47. The van der Waals surface area contributed by atoms with E-state index in [1.54, 1.807) is 0 Å². The Bertz CT molecular complexity index is 217. The van der Waals surface area contributed by atoms with Crippen LogP contribution in [0.5, 0.6) is 0 Å². The van der Waals surface area contributed by atoms with Crippen LogP contribution in [0.15, 0.2) is 0 Å². The van der Waals surface area contributed by atoms with E-state index in [0.717, 1.165) is 12.6 Å². The summed E-state index contributed by atoms with van der Waals surface area (Å²) in [5.41, 5.74) is 0. The van der Waals surface area contributed by atoms with E-state index in [1.807, 2.05) is 0 Å². The van der Waals surface area contributed by atoms with E-state index in [1.165, 1.54) is 58.0 Å². The van der Waals surface area contributed by atoms with Gasteiger partial charge in [0.05, 0.1) is 0 Å². The third kappa shape index (κ3) is 2.95. The van der Waals surface area contributed by atoms with E-state index < -0.39 is 0 Å². The number of piperidine rings is 1. The number of nitrogens with zero attached hydrogens (tertiary/aromatic N) is 2. The Morgan fingerprint density at radius 1 is 1.00 bits per heavy atom. The summed E-state index contributed by atoms with van der Waals surface area (Å²) in [6.07, 6.45) is 9.70. The van der Waals surface area contributed by atoms with Crippen LogP contribution >= 0.6 is 0 Å². The highest BCUT2D eigenvalue weighted by Crippen LogP contribution is 2.27. The Kier molecular flexibility index (Phi) is 4.02. The summed E-state index contributed by atoms with van der Waals surface area (Å²) in [5, 5.41) is 0. The highest BCUT2D eigenvalue weighted by atomic mass is 15.2. The number of likely N-dealkylation sites (tertiary alicyclic amines) is 1. The maximum Gasteiger partial charge on any atom is 0.217 e. The zero-order chi connectivity index (χ0) is 10.5. The van der Waals surface area contributed by atoms with Crippen LogP contribution in [0.4, 0.5) is 0 Å². The van der Waals surface area contributed by atoms with Crippen LogP contribution in [-0.2, 0) is 0 Å². The lowest BCUT2D eigenvalue weighted by Gasteiger charge is -2.38. The van der Waals surface area contributed by atoms with Gasteiger partial charge >= 0.3 is 0 Å². The first kappa shape index (κ1) is 11.0. The predicted octanol–water partition coefficient (Wildman–Crippen LogP) is 2.95. The van der Waals surface area contributed by atoms with Gasteiger partial charge in [-0.25, -0.2) is 6.57 Å². The number of hydrogen-bond acceptors (Lipinski definition) is 1. The summed E-state index contributed by atoms with van der Waals surface area (Å²) in [6.45, 7) is 10.2. The van der Waals surface area contributed by atoms with Crippen LogP contribution in [0.1, 0.15) is 44.9 Å². The van der Waals surface area contributed by atoms with Crippen molar-refractivity contribution in [2.45, 2.75) is 51.0 Å². The largest absolute Gasteiger partial charge is 0.317 e. The Labute approximate surface area is 93.5 Å². The number of rotatable bonds is 2. The lowest BCUT2D eigenvalue weighted by Crippen LogP contribution is -2.42. The molecule has 1 saturated heterocycles. The monoisotopic (exact) mass is 206 g/mol. The quantitative estimate of drug-likeness (QED) is 0.630. The molecule has 1 aliphatic carbocycles. The molecule has 2 heteroatoms. The lowest BCUT2D eigenvalue weighted by atomic mass is 9.90. The molecule has 2 aliphatic rings. The molecule has 84 valence electrons. The molecule has 1 aliphatic heterocycles. The molecule has 0 atom stereocenters. The van der Waals surface area contributed by atoms with Gasteiger partial charge in [-0.3, -0.25) is 0 Å². The maximum atomic E-state index is 6.90. The summed E-state index contributed by atoms with van der Waals surface area (Å²) in [7, 11) is 0. The first-order chi connectivity index (χ1) is 7.40. The second-order valence-electron chi connectivity index (χ2n) is 5.11. The first-order valence-electron chi connectivity index (χ1n) is 6.47. The van der Waals surface area contributed by atoms with E-state index in [4.69, 9.17) is 6.57 Å². The van der Waals surface area contributed by atoms with Crippen molar-refractivity contribution in [2.24, 2.45) is 5.92 Å². The molecular weight excluding hydrogens is 184 g/mol. The highest BCUT2D eigenvalue weighted by Gasteiger charge is 2.26. The molecule has 0 aromatic heterocycles. The highest BCUT2D eigenvalue weighted by molar-refractivity contribution is 4.83. The minimum atomic E-state index is 0.697. The van der Waals surface area contributed by atoms with E-state index in [-0.39, 0.29) is 0 Å². The Hall–Kier alpha value is -0.550. The van der Waals surface area contributed by atoms with Crippen molar-refractivity contribution >= 4 is 0 Å². The minimum absolute atomic E-state index is 0.697. The summed E-state index contributed by atoms with van der Waals surface area (Å²) in [6, 6.07) is 0.882. The van der Waals surface area contributed by atoms with Crippen molar-refractivity contribution in [1.29, 1.82) is 0 Å². The second kappa shape index (κ2) is 5.51. The topological polar surface area (TPSA) is 7.60 Å². The molecule has 15 heavy (non-hydrogen) atoms. The fraction of sp³-hybridized carbons (Fsp3) is 0.923. The Morgan fingerprint density at radius 3 is 2.27 bits per heavy atom. The fourth-order valence-corrected chi connectivity index (χ4v) is 3.08. The van der Waals surface area contributed by atoms with Crippen molar-refractivity contribution in [3.63, 3.8) is 0 Å². The van der Waals surface area contributed by atoms with E-state index in [9.17, 15) is 0 Å². The molecule has 2 nitrogen and oxygen atoms in total. The molecule has 0 spiro atoms. The zero-order valence-corrected chi connectivity index (χ0v) is 9.62. The van der Waals surface area contributed by atoms with Crippen molar-refractivity contribution < 1.29 is 0 Å². The summed E-state index contributed by atoms with van der Waals surface area (Å²) in [5.74, 6) is 0.697. The molecule has 0 unspecified atom stereocenters. The second-order valence-corrected chi connectivity index (χ2v) is 5.11. The number of hydrogen-bond donors (Lipinski definition) is 0. The molecule has 2 rings (SSSR count). The Morgan fingerprint density at radius 2 is 1.67 bits per heavy atom. The van der Waals surface area contributed by atoms with Crippen molar-refractivity contribution in [3.8, 4) is 0 Å². The third-order valence-corrected chi connectivity index (χ3v) is 4.09. The predicted molar refractivity (Wildman–Crippen MR) is 62.6 cm³/mol. The molecule has 1 heterocycles. The van der Waals surface area contributed by atoms with E-state index in [2.05, 4.69) is 9.74 Å². The van der Waals surface area contributed by atoms with Gasteiger partial charge in [0, 0.05) is 12.0 Å². The lowest BCUT2D eigenvalue weighted by molar-refractivity contribution is 0.110. The van der Waals surface area contributed by atoms with E-state index >= 15 is 0 Å². The van der Waals surface area contributed by atoms with Gasteiger partial charge in [0.25, 0.3) is 0 Å². The van der Waals surface area contributed by atoms with Crippen molar-refractivity contribution in [3.05, 3.63) is 11.4 Å². The Balaban J connectivity index is 1.75. The van der Waals surface area contributed by atoms with Crippen LogP contribution in [0.25, 0.3) is 4.85 Å². The molecule has 0 bridgehead atoms. The average Bonchev–Trinajstić information content (AvgIpc) is 2.32. The standard InChI is InChI=1S/C13H22N2/c1-14-11-12-7-9-15(10-8-12)13-5-3-2-4-6-13/h12-13H,2-11H2. The van der Waals surface area contributed by atoms with Crippen LogP contribution < -0.4 is 0 Å². The van der Waals surface area contributed by atoms with Gasteiger partial charge in [0.2, 0.25) is 6.54 Å². The van der Waals surface area contributed by atoms with Crippen molar-refractivity contribution in [1.82, 2.24) is 4.90 Å². The summed E-state index contributed by atoms with van der Waals surface area (Å²) < 4.78 is 0.